The average Bonchev–Trinajstić information content (AvgIpc) is 3.61. The van der Waals surface area contributed by atoms with Crippen LogP contribution in [-0.2, 0) is 0 Å². The molecule has 1 aliphatic rings. The second-order valence-corrected chi connectivity index (χ2v) is 10.2. The van der Waals surface area contributed by atoms with Gasteiger partial charge in [0.25, 0.3) is 5.91 Å². The molecular weight excluding hydrogens is 454 g/mol. The number of carbonyl (C=O) groups is 1. The zero-order chi connectivity index (χ0) is 22.6. The van der Waals surface area contributed by atoms with Crippen molar-refractivity contribution in [1.82, 2.24) is 9.88 Å². The Labute approximate surface area is 201 Å². The number of carbonyl (C=O) groups excluding carboxylic acids is 1. The van der Waals surface area contributed by atoms with E-state index in [0.717, 1.165) is 55.6 Å². The molecule has 0 aliphatic carbocycles. The molecule has 1 aromatic carbocycles. The zero-order valence-corrected chi connectivity index (χ0v) is 20.0. The summed E-state index contributed by atoms with van der Waals surface area (Å²) >= 11 is 2.92. The lowest BCUT2D eigenvalue weighted by atomic mass is 9.99. The second-order valence-electron chi connectivity index (χ2n) is 8.44. The highest BCUT2D eigenvalue weighted by Gasteiger charge is 2.24. The maximum atomic E-state index is 13.3. The summed E-state index contributed by atoms with van der Waals surface area (Å²) in [5.74, 6) is 1.07. The minimum Gasteiger partial charge on any atom is -0.454 e. The topological polar surface area (TPSA) is 69.8 Å². The average molecular weight is 482 g/mol. The number of thiophene rings is 1. The number of piperidine rings is 1. The number of hydrogen-bond donors (Lipinski definition) is 1. The highest BCUT2D eigenvalue weighted by atomic mass is 32.1. The normalized spacial score (nSPS) is 16.9. The Morgan fingerprint density at radius 2 is 2.15 bits per heavy atom. The Kier molecular flexibility index (Phi) is 6.87. The first-order valence-corrected chi connectivity index (χ1v) is 13.1. The first-order valence-electron chi connectivity index (χ1n) is 11.3. The molecule has 1 atom stereocenters. The van der Waals surface area contributed by atoms with E-state index in [9.17, 15) is 9.90 Å². The minimum atomic E-state index is -0.0117. The standard InChI is InChI=1S/C25H27N3O3S2/c29-16-18-6-3-10-27(15-18)11-5-12-28(24(30)23-9-4-13-32-23)25-26-20(17-33-25)22-14-19-7-1-2-8-21(19)31-22/h1-2,4,7-9,13-14,17-18,29H,3,5-6,10-12,15-16H2. The van der Waals surface area contributed by atoms with Crippen molar-refractivity contribution in [2.24, 2.45) is 5.92 Å². The zero-order valence-electron chi connectivity index (χ0n) is 18.4. The van der Waals surface area contributed by atoms with Gasteiger partial charge in [0.1, 0.15) is 11.3 Å². The summed E-state index contributed by atoms with van der Waals surface area (Å²) in [4.78, 5) is 23.0. The highest BCUT2D eigenvalue weighted by Crippen LogP contribution is 2.32. The lowest BCUT2D eigenvalue weighted by molar-refractivity contribution is 0.0985. The van der Waals surface area contributed by atoms with Gasteiger partial charge in [-0.25, -0.2) is 4.98 Å². The van der Waals surface area contributed by atoms with E-state index in [1.165, 1.54) is 22.7 Å². The molecule has 1 unspecified atom stereocenters. The van der Waals surface area contributed by atoms with E-state index in [-0.39, 0.29) is 12.5 Å². The van der Waals surface area contributed by atoms with Gasteiger partial charge in [0.2, 0.25) is 0 Å². The largest absolute Gasteiger partial charge is 0.454 e. The lowest BCUT2D eigenvalue weighted by Gasteiger charge is -2.32. The van der Waals surface area contributed by atoms with Crippen LogP contribution in [0.1, 0.15) is 28.9 Å². The van der Waals surface area contributed by atoms with E-state index in [2.05, 4.69) is 4.90 Å². The molecule has 1 saturated heterocycles. The lowest BCUT2D eigenvalue weighted by Crippen LogP contribution is -2.39. The van der Waals surface area contributed by atoms with E-state index in [0.29, 0.717) is 28.2 Å². The quantitative estimate of drug-likeness (QED) is 0.367. The molecule has 0 spiro atoms. The summed E-state index contributed by atoms with van der Waals surface area (Å²) in [7, 11) is 0. The number of rotatable bonds is 8. The molecule has 1 N–H and O–H groups in total. The van der Waals surface area contributed by atoms with Crippen LogP contribution in [0.25, 0.3) is 22.4 Å². The van der Waals surface area contributed by atoms with E-state index < -0.39 is 0 Å². The number of hydrogen-bond acceptors (Lipinski definition) is 7. The van der Waals surface area contributed by atoms with Crippen molar-refractivity contribution in [3.63, 3.8) is 0 Å². The van der Waals surface area contributed by atoms with Crippen LogP contribution in [0.2, 0.25) is 0 Å². The Morgan fingerprint density at radius 3 is 2.97 bits per heavy atom. The van der Waals surface area contributed by atoms with E-state index in [1.807, 2.05) is 53.2 Å². The number of nitrogens with zero attached hydrogens (tertiary/aromatic N) is 3. The molecule has 0 radical (unpaired) electrons. The van der Waals surface area contributed by atoms with Gasteiger partial charge in [-0.2, -0.15) is 0 Å². The molecular formula is C25H27N3O3S2. The van der Waals surface area contributed by atoms with Crippen LogP contribution in [-0.4, -0.2) is 53.7 Å². The third kappa shape index (κ3) is 5.04. The van der Waals surface area contributed by atoms with Crippen LogP contribution < -0.4 is 4.90 Å². The number of fused-ring (bicyclic) bond motifs is 1. The Bertz CT molecular complexity index is 1170. The number of anilines is 1. The smallest absolute Gasteiger partial charge is 0.270 e. The Balaban J connectivity index is 1.33. The molecule has 6 nitrogen and oxygen atoms in total. The number of furan rings is 1. The summed E-state index contributed by atoms with van der Waals surface area (Å²) in [5, 5.41) is 15.1. The van der Waals surface area contributed by atoms with Gasteiger partial charge in [-0.15, -0.1) is 22.7 Å². The van der Waals surface area contributed by atoms with Crippen molar-refractivity contribution >= 4 is 44.7 Å². The predicted molar refractivity (Wildman–Crippen MR) is 134 cm³/mol. The Morgan fingerprint density at radius 1 is 1.24 bits per heavy atom. The van der Waals surface area contributed by atoms with Crippen LogP contribution >= 0.6 is 22.7 Å². The van der Waals surface area contributed by atoms with Crippen molar-refractivity contribution in [2.75, 3.05) is 37.7 Å². The summed E-state index contributed by atoms with van der Waals surface area (Å²) in [6, 6.07) is 13.7. The van der Waals surface area contributed by atoms with Crippen LogP contribution in [0.5, 0.6) is 0 Å². The fourth-order valence-electron chi connectivity index (χ4n) is 4.38. The molecule has 0 bridgehead atoms. The molecule has 0 saturated carbocycles. The SMILES string of the molecule is O=C(c1cccs1)N(CCCN1CCCC(CO)C1)c1nc(-c2cc3ccccc3o2)cs1. The molecule has 1 amide bonds. The third-order valence-corrected chi connectivity index (χ3v) is 7.82. The van der Waals surface area contributed by atoms with E-state index in [4.69, 9.17) is 9.40 Å². The molecule has 172 valence electrons. The Hall–Kier alpha value is -2.52. The van der Waals surface area contributed by atoms with Crippen LogP contribution in [0.15, 0.2) is 57.6 Å². The number of likely N-dealkylation sites (tertiary alicyclic amines) is 1. The number of aliphatic hydroxyl groups is 1. The van der Waals surface area contributed by atoms with Crippen LogP contribution in [0, 0.1) is 5.92 Å². The first-order chi connectivity index (χ1) is 16.2. The van der Waals surface area contributed by atoms with Gasteiger partial charge in [0.05, 0.1) is 4.88 Å². The monoisotopic (exact) mass is 481 g/mol. The summed E-state index contributed by atoms with van der Waals surface area (Å²) in [5.41, 5.74) is 1.58. The van der Waals surface area contributed by atoms with E-state index in [1.54, 1.807) is 4.90 Å². The molecule has 1 aliphatic heterocycles. The van der Waals surface area contributed by atoms with Gasteiger partial charge >= 0.3 is 0 Å². The van der Waals surface area contributed by atoms with Gasteiger partial charge in [-0.1, -0.05) is 24.3 Å². The summed E-state index contributed by atoms with van der Waals surface area (Å²) < 4.78 is 5.98. The third-order valence-electron chi connectivity index (χ3n) is 6.10. The van der Waals surface area contributed by atoms with E-state index >= 15 is 0 Å². The second kappa shape index (κ2) is 10.2. The molecule has 4 aromatic rings. The van der Waals surface area contributed by atoms with Gasteiger partial charge < -0.3 is 14.4 Å². The molecule has 8 heteroatoms. The first kappa shape index (κ1) is 22.3. The van der Waals surface area contributed by atoms with Gasteiger partial charge in [-0.3, -0.25) is 9.69 Å². The van der Waals surface area contributed by atoms with Crippen molar-refractivity contribution in [2.45, 2.75) is 19.3 Å². The van der Waals surface area contributed by atoms with Gasteiger partial charge in [0, 0.05) is 30.5 Å². The van der Waals surface area contributed by atoms with Crippen molar-refractivity contribution in [3.05, 3.63) is 58.1 Å². The number of aliphatic hydroxyl groups excluding tert-OH is 1. The molecule has 4 heterocycles. The number of thiazole rings is 1. The fourth-order valence-corrected chi connectivity index (χ4v) is 5.89. The number of para-hydroxylation sites is 1. The van der Waals surface area contributed by atoms with Crippen molar-refractivity contribution < 1.29 is 14.3 Å². The minimum absolute atomic E-state index is 0.0117. The number of benzene rings is 1. The molecule has 3 aromatic heterocycles. The number of aromatic nitrogens is 1. The van der Waals surface area contributed by atoms with Crippen LogP contribution in [0.3, 0.4) is 0 Å². The predicted octanol–water partition coefficient (Wildman–Crippen LogP) is 5.36. The number of amides is 1. The molecule has 5 rings (SSSR count). The maximum absolute atomic E-state index is 13.3. The van der Waals surface area contributed by atoms with Gasteiger partial charge in [0.15, 0.2) is 10.9 Å². The molecule has 33 heavy (non-hydrogen) atoms. The summed E-state index contributed by atoms with van der Waals surface area (Å²) in [6.45, 7) is 3.76. The highest BCUT2D eigenvalue weighted by molar-refractivity contribution is 7.14. The maximum Gasteiger partial charge on any atom is 0.270 e. The molecule has 1 fully saturated rings. The van der Waals surface area contributed by atoms with Crippen molar-refractivity contribution in [1.29, 1.82) is 0 Å². The van der Waals surface area contributed by atoms with Gasteiger partial charge in [-0.05, 0) is 61.8 Å². The summed E-state index contributed by atoms with van der Waals surface area (Å²) in [6.07, 6.45) is 3.07. The fraction of sp³-hybridized carbons (Fsp3) is 0.360. The van der Waals surface area contributed by atoms with Crippen molar-refractivity contribution in [3.8, 4) is 11.5 Å². The van der Waals surface area contributed by atoms with Crippen LogP contribution in [0.4, 0.5) is 5.13 Å².